The largest absolute Gasteiger partial charge is 0.327 e. The van der Waals surface area contributed by atoms with Crippen LogP contribution >= 0.6 is 23.1 Å². The molecule has 0 saturated carbocycles. The molecule has 2 nitrogen and oxygen atoms in total. The highest BCUT2D eigenvalue weighted by atomic mass is 32.2. The summed E-state index contributed by atoms with van der Waals surface area (Å²) in [6.45, 7) is 6.49. The third kappa shape index (κ3) is 5.09. The number of rotatable bonds is 5. The van der Waals surface area contributed by atoms with Gasteiger partial charge in [0.25, 0.3) is 0 Å². The minimum atomic E-state index is -0.207. The molecule has 2 rings (SSSR count). The van der Waals surface area contributed by atoms with Gasteiger partial charge in [0.1, 0.15) is 5.82 Å². The minimum Gasteiger partial charge on any atom is -0.327 e. The molecule has 114 valence electrons. The molecule has 0 aliphatic heterocycles. The zero-order chi connectivity index (χ0) is 15.5. The smallest absolute Gasteiger partial charge is 0.123 e. The van der Waals surface area contributed by atoms with Crippen molar-refractivity contribution in [3.8, 4) is 0 Å². The summed E-state index contributed by atoms with van der Waals surface area (Å²) in [4.78, 5) is 5.71. The van der Waals surface area contributed by atoms with E-state index in [-0.39, 0.29) is 17.3 Å². The van der Waals surface area contributed by atoms with E-state index in [4.69, 9.17) is 5.73 Å². The number of benzene rings is 1. The van der Waals surface area contributed by atoms with Crippen molar-refractivity contribution in [2.24, 2.45) is 5.73 Å². The minimum absolute atomic E-state index is 0.0546. The standard InChI is InChI=1S/C16H21FN2S2/c1-16(2,3)14-10-21-15(19-14)8-12(18)9-20-13-6-4-11(17)5-7-13/h4-7,10,12H,8-9,18H2,1-3H3. The van der Waals surface area contributed by atoms with E-state index in [0.29, 0.717) is 0 Å². The second-order valence-electron chi connectivity index (χ2n) is 6.11. The molecule has 1 aromatic carbocycles. The highest BCUT2D eigenvalue weighted by molar-refractivity contribution is 7.99. The Morgan fingerprint density at radius 3 is 2.52 bits per heavy atom. The van der Waals surface area contributed by atoms with Gasteiger partial charge >= 0.3 is 0 Å². The molecule has 1 atom stereocenters. The topological polar surface area (TPSA) is 38.9 Å². The number of halogens is 1. The third-order valence-corrected chi connectivity index (χ3v) is 5.11. The van der Waals surface area contributed by atoms with Crippen LogP contribution in [0.25, 0.3) is 0 Å². The van der Waals surface area contributed by atoms with E-state index in [1.807, 2.05) is 0 Å². The lowest BCUT2D eigenvalue weighted by atomic mass is 9.93. The summed E-state index contributed by atoms with van der Waals surface area (Å²) in [6, 6.07) is 6.58. The first-order chi connectivity index (χ1) is 9.84. The summed E-state index contributed by atoms with van der Waals surface area (Å²) < 4.78 is 12.8. The van der Waals surface area contributed by atoms with E-state index < -0.39 is 0 Å². The number of hydrogen-bond donors (Lipinski definition) is 1. The van der Waals surface area contributed by atoms with Gasteiger partial charge in [-0.15, -0.1) is 23.1 Å². The van der Waals surface area contributed by atoms with Crippen LogP contribution in [0.1, 0.15) is 31.5 Å². The first-order valence-electron chi connectivity index (χ1n) is 6.93. The second-order valence-corrected chi connectivity index (χ2v) is 8.14. The van der Waals surface area contributed by atoms with Crippen LogP contribution in [-0.2, 0) is 11.8 Å². The molecule has 0 aliphatic rings. The van der Waals surface area contributed by atoms with Gasteiger partial charge in [-0.2, -0.15) is 0 Å². The van der Waals surface area contributed by atoms with Gasteiger partial charge in [0.2, 0.25) is 0 Å². The van der Waals surface area contributed by atoms with E-state index in [2.05, 4.69) is 31.1 Å². The maximum atomic E-state index is 12.8. The molecule has 1 aromatic heterocycles. The number of nitrogens with zero attached hydrogens (tertiary/aromatic N) is 1. The Kier molecular flexibility index (Phi) is 5.41. The molecule has 1 unspecified atom stereocenters. The second kappa shape index (κ2) is 6.90. The van der Waals surface area contributed by atoms with E-state index in [1.54, 1.807) is 35.2 Å². The zero-order valence-electron chi connectivity index (χ0n) is 12.6. The van der Waals surface area contributed by atoms with Crippen LogP contribution in [-0.4, -0.2) is 16.8 Å². The van der Waals surface area contributed by atoms with Gasteiger partial charge < -0.3 is 5.73 Å². The predicted molar refractivity (Wildman–Crippen MR) is 89.6 cm³/mol. The Labute approximate surface area is 134 Å². The Bertz CT molecular complexity index is 573. The van der Waals surface area contributed by atoms with E-state index in [0.717, 1.165) is 27.8 Å². The fourth-order valence-corrected chi connectivity index (χ4v) is 3.73. The number of hydrogen-bond acceptors (Lipinski definition) is 4. The SMILES string of the molecule is CC(C)(C)c1csc(CC(N)CSc2ccc(F)cc2)n1. The summed E-state index contributed by atoms with van der Waals surface area (Å²) in [5.41, 5.74) is 7.38. The van der Waals surface area contributed by atoms with Gasteiger partial charge in [0.05, 0.1) is 10.7 Å². The number of nitrogens with two attached hydrogens (primary N) is 1. The van der Waals surface area contributed by atoms with E-state index in [1.165, 1.54) is 12.1 Å². The van der Waals surface area contributed by atoms with Gasteiger partial charge in [-0.3, -0.25) is 0 Å². The summed E-state index contributed by atoms with van der Waals surface area (Å²) >= 11 is 3.33. The predicted octanol–water partition coefficient (Wildman–Crippen LogP) is 4.24. The molecule has 0 saturated heterocycles. The van der Waals surface area contributed by atoms with Crippen molar-refractivity contribution in [2.45, 2.75) is 43.5 Å². The molecule has 0 bridgehead atoms. The molecule has 2 aromatic rings. The Hall–Kier alpha value is -0.910. The third-order valence-electron chi connectivity index (χ3n) is 3.03. The van der Waals surface area contributed by atoms with Crippen LogP contribution in [0, 0.1) is 5.82 Å². The number of thiazole rings is 1. The lowest BCUT2D eigenvalue weighted by Gasteiger charge is -2.14. The molecule has 5 heteroatoms. The van der Waals surface area contributed by atoms with Gasteiger partial charge in [-0.05, 0) is 24.3 Å². The lowest BCUT2D eigenvalue weighted by molar-refractivity contribution is 0.569. The number of thioether (sulfide) groups is 1. The molecular formula is C16H21FN2S2. The average Bonchev–Trinajstić information content (AvgIpc) is 2.86. The van der Waals surface area contributed by atoms with Crippen molar-refractivity contribution < 1.29 is 4.39 Å². The van der Waals surface area contributed by atoms with Crippen molar-refractivity contribution in [3.05, 3.63) is 46.2 Å². The molecule has 21 heavy (non-hydrogen) atoms. The Morgan fingerprint density at radius 2 is 1.95 bits per heavy atom. The molecular weight excluding hydrogens is 303 g/mol. The quantitative estimate of drug-likeness (QED) is 0.836. The van der Waals surface area contributed by atoms with Crippen LogP contribution in [0.5, 0.6) is 0 Å². The van der Waals surface area contributed by atoms with Crippen molar-refractivity contribution in [2.75, 3.05) is 5.75 Å². The molecule has 0 fully saturated rings. The molecule has 0 radical (unpaired) electrons. The summed E-state index contributed by atoms with van der Waals surface area (Å²) in [5.74, 6) is 0.594. The molecule has 2 N–H and O–H groups in total. The van der Waals surface area contributed by atoms with Gasteiger partial charge in [-0.25, -0.2) is 9.37 Å². The summed E-state index contributed by atoms with van der Waals surface area (Å²) in [5, 5.41) is 3.21. The van der Waals surface area contributed by atoms with Gasteiger partial charge in [0, 0.05) is 33.9 Å². The van der Waals surface area contributed by atoms with Crippen LogP contribution in [0.15, 0.2) is 34.5 Å². The first-order valence-corrected chi connectivity index (χ1v) is 8.80. The fraction of sp³-hybridized carbons (Fsp3) is 0.438. The summed E-state index contributed by atoms with van der Waals surface area (Å²) in [6.07, 6.45) is 0.787. The lowest BCUT2D eigenvalue weighted by Crippen LogP contribution is -2.25. The van der Waals surface area contributed by atoms with Crippen molar-refractivity contribution >= 4 is 23.1 Å². The van der Waals surface area contributed by atoms with Crippen molar-refractivity contribution in [1.82, 2.24) is 4.98 Å². The molecule has 0 aliphatic carbocycles. The first kappa shape index (κ1) is 16.5. The van der Waals surface area contributed by atoms with Gasteiger partial charge in [-0.1, -0.05) is 20.8 Å². The normalized spacial score (nSPS) is 13.4. The fourth-order valence-electron chi connectivity index (χ4n) is 1.77. The average molecular weight is 324 g/mol. The highest BCUT2D eigenvalue weighted by Gasteiger charge is 2.18. The van der Waals surface area contributed by atoms with Crippen LogP contribution in [0.2, 0.25) is 0 Å². The highest BCUT2D eigenvalue weighted by Crippen LogP contribution is 2.25. The van der Waals surface area contributed by atoms with Gasteiger partial charge in [0.15, 0.2) is 0 Å². The number of aromatic nitrogens is 1. The monoisotopic (exact) mass is 324 g/mol. The van der Waals surface area contributed by atoms with Crippen LogP contribution in [0.4, 0.5) is 4.39 Å². The van der Waals surface area contributed by atoms with Crippen molar-refractivity contribution in [1.29, 1.82) is 0 Å². The van der Waals surface area contributed by atoms with E-state index >= 15 is 0 Å². The molecule has 0 amide bonds. The zero-order valence-corrected chi connectivity index (χ0v) is 14.2. The Morgan fingerprint density at radius 1 is 1.29 bits per heavy atom. The maximum Gasteiger partial charge on any atom is 0.123 e. The maximum absolute atomic E-state index is 12.8. The van der Waals surface area contributed by atoms with E-state index in [9.17, 15) is 4.39 Å². The van der Waals surface area contributed by atoms with Crippen LogP contribution in [0.3, 0.4) is 0 Å². The Balaban J connectivity index is 1.85. The van der Waals surface area contributed by atoms with Crippen molar-refractivity contribution in [3.63, 3.8) is 0 Å². The molecule has 0 spiro atoms. The van der Waals surface area contributed by atoms with Crippen LogP contribution < -0.4 is 5.73 Å². The summed E-state index contributed by atoms with van der Waals surface area (Å²) in [7, 11) is 0. The molecule has 1 heterocycles.